The standard InChI is InChI=1S/C23H23NO6/c1-13-16-9-14(7-8-17(16)24-22(13)27)18(25)11-29-20(26)12-28-19-6-4-5-15-10-23(2,3)30-21(15)19/h4-9,13H,10-12H2,1-3H3,(H,24,27)/t13-/m0/s1. The number of Topliss-reactive ketones (excluding diaryl/α,β-unsaturated/α-hetero) is 1. The summed E-state index contributed by atoms with van der Waals surface area (Å²) in [7, 11) is 0. The topological polar surface area (TPSA) is 90.9 Å². The highest BCUT2D eigenvalue weighted by Crippen LogP contribution is 2.41. The summed E-state index contributed by atoms with van der Waals surface area (Å²) in [4.78, 5) is 36.2. The Morgan fingerprint density at radius 2 is 2.00 bits per heavy atom. The third-order valence-electron chi connectivity index (χ3n) is 5.26. The second-order valence-corrected chi connectivity index (χ2v) is 8.17. The second-order valence-electron chi connectivity index (χ2n) is 8.17. The van der Waals surface area contributed by atoms with Crippen molar-refractivity contribution in [2.24, 2.45) is 0 Å². The van der Waals surface area contributed by atoms with Crippen molar-refractivity contribution in [1.29, 1.82) is 0 Å². The van der Waals surface area contributed by atoms with E-state index in [1.54, 1.807) is 31.2 Å². The van der Waals surface area contributed by atoms with Gasteiger partial charge in [-0.2, -0.15) is 0 Å². The zero-order chi connectivity index (χ0) is 21.5. The number of anilines is 1. The Bertz CT molecular complexity index is 1040. The van der Waals surface area contributed by atoms with Crippen LogP contribution in [0.3, 0.4) is 0 Å². The quantitative estimate of drug-likeness (QED) is 0.582. The lowest BCUT2D eigenvalue weighted by molar-refractivity contribution is -0.144. The van der Waals surface area contributed by atoms with Crippen molar-refractivity contribution in [3.05, 3.63) is 53.1 Å². The van der Waals surface area contributed by atoms with Crippen LogP contribution in [-0.4, -0.2) is 36.5 Å². The minimum absolute atomic E-state index is 0.0991. The lowest BCUT2D eigenvalue weighted by atomic mass is 9.99. The van der Waals surface area contributed by atoms with E-state index in [-0.39, 0.29) is 29.8 Å². The molecular weight excluding hydrogens is 386 g/mol. The Labute approximate surface area is 174 Å². The molecule has 4 rings (SSSR count). The van der Waals surface area contributed by atoms with Gasteiger partial charge in [-0.15, -0.1) is 0 Å². The molecule has 2 aliphatic heterocycles. The van der Waals surface area contributed by atoms with E-state index in [0.717, 1.165) is 17.5 Å². The molecule has 1 N–H and O–H groups in total. The number of nitrogens with one attached hydrogen (secondary N) is 1. The van der Waals surface area contributed by atoms with E-state index < -0.39 is 12.6 Å². The van der Waals surface area contributed by atoms with Gasteiger partial charge in [0, 0.05) is 23.2 Å². The molecule has 0 aromatic heterocycles. The van der Waals surface area contributed by atoms with Crippen LogP contribution in [0.15, 0.2) is 36.4 Å². The average Bonchev–Trinajstić information content (AvgIpc) is 3.18. The van der Waals surface area contributed by atoms with Crippen LogP contribution in [0.5, 0.6) is 11.5 Å². The van der Waals surface area contributed by atoms with Gasteiger partial charge in [0.25, 0.3) is 0 Å². The number of hydrogen-bond donors (Lipinski definition) is 1. The highest BCUT2D eigenvalue weighted by atomic mass is 16.6. The maximum atomic E-state index is 12.4. The zero-order valence-electron chi connectivity index (χ0n) is 17.1. The Morgan fingerprint density at radius 3 is 2.80 bits per heavy atom. The summed E-state index contributed by atoms with van der Waals surface area (Å²) in [6, 6.07) is 10.5. The molecule has 156 valence electrons. The van der Waals surface area contributed by atoms with Crippen LogP contribution in [-0.2, 0) is 20.7 Å². The molecule has 0 bridgehead atoms. The normalized spacial score (nSPS) is 18.1. The number of rotatable bonds is 6. The van der Waals surface area contributed by atoms with E-state index >= 15 is 0 Å². The van der Waals surface area contributed by atoms with Gasteiger partial charge in [0.2, 0.25) is 5.91 Å². The molecular formula is C23H23NO6. The van der Waals surface area contributed by atoms with Crippen molar-refractivity contribution in [3.8, 4) is 11.5 Å². The van der Waals surface area contributed by atoms with Crippen molar-refractivity contribution in [2.75, 3.05) is 18.5 Å². The summed E-state index contributed by atoms with van der Waals surface area (Å²) in [5.74, 6) is -0.290. The molecule has 1 atom stereocenters. The maximum Gasteiger partial charge on any atom is 0.344 e. The van der Waals surface area contributed by atoms with Gasteiger partial charge in [-0.25, -0.2) is 4.79 Å². The summed E-state index contributed by atoms with van der Waals surface area (Å²) >= 11 is 0. The van der Waals surface area contributed by atoms with Crippen molar-refractivity contribution >= 4 is 23.3 Å². The molecule has 0 radical (unpaired) electrons. The third-order valence-corrected chi connectivity index (χ3v) is 5.26. The monoisotopic (exact) mass is 409 g/mol. The van der Waals surface area contributed by atoms with Crippen LogP contribution in [0.4, 0.5) is 5.69 Å². The highest BCUT2D eigenvalue weighted by molar-refractivity contribution is 6.05. The van der Waals surface area contributed by atoms with Gasteiger partial charge in [-0.05, 0) is 50.6 Å². The van der Waals surface area contributed by atoms with Gasteiger partial charge in [0.15, 0.2) is 30.5 Å². The molecule has 7 heteroatoms. The summed E-state index contributed by atoms with van der Waals surface area (Å²) in [5.41, 5.74) is 2.57. The molecule has 2 heterocycles. The van der Waals surface area contributed by atoms with E-state index in [0.29, 0.717) is 22.7 Å². The molecule has 2 aromatic carbocycles. The Hall–Kier alpha value is -3.35. The molecule has 0 unspecified atom stereocenters. The van der Waals surface area contributed by atoms with Crippen LogP contribution in [0, 0.1) is 0 Å². The van der Waals surface area contributed by atoms with Gasteiger partial charge in [0.05, 0.1) is 5.92 Å². The predicted octanol–water partition coefficient (Wildman–Crippen LogP) is 3.26. The van der Waals surface area contributed by atoms with Gasteiger partial charge < -0.3 is 19.5 Å². The first-order chi connectivity index (χ1) is 14.2. The predicted molar refractivity (Wildman–Crippen MR) is 109 cm³/mol. The van der Waals surface area contributed by atoms with E-state index in [9.17, 15) is 14.4 Å². The van der Waals surface area contributed by atoms with Gasteiger partial charge in [-0.3, -0.25) is 9.59 Å². The smallest absolute Gasteiger partial charge is 0.344 e. The van der Waals surface area contributed by atoms with E-state index in [1.807, 2.05) is 26.0 Å². The molecule has 0 saturated heterocycles. The molecule has 2 aromatic rings. The van der Waals surface area contributed by atoms with E-state index in [4.69, 9.17) is 14.2 Å². The lowest BCUT2D eigenvalue weighted by Crippen LogP contribution is -2.25. The number of ketones is 1. The third kappa shape index (κ3) is 3.87. The first kappa shape index (κ1) is 19.9. The SMILES string of the molecule is C[C@@H]1C(=O)Nc2ccc(C(=O)COC(=O)COc3cccc4c3OC(C)(C)C4)cc21. The molecule has 0 aliphatic carbocycles. The number of carbonyl (C=O) groups excluding carboxylic acids is 3. The van der Waals surface area contributed by atoms with Crippen molar-refractivity contribution < 1.29 is 28.6 Å². The Balaban J connectivity index is 1.32. The number of hydrogen-bond acceptors (Lipinski definition) is 6. The fourth-order valence-corrected chi connectivity index (χ4v) is 3.70. The molecule has 1 amide bonds. The van der Waals surface area contributed by atoms with Gasteiger partial charge in [-0.1, -0.05) is 12.1 Å². The van der Waals surface area contributed by atoms with Crippen LogP contribution in [0.2, 0.25) is 0 Å². The molecule has 2 aliphatic rings. The number of esters is 1. The zero-order valence-corrected chi connectivity index (χ0v) is 17.1. The Kier molecular flexibility index (Phi) is 4.97. The summed E-state index contributed by atoms with van der Waals surface area (Å²) in [5, 5.41) is 2.76. The Morgan fingerprint density at radius 1 is 1.20 bits per heavy atom. The average molecular weight is 409 g/mol. The van der Waals surface area contributed by atoms with Crippen LogP contribution in [0.25, 0.3) is 0 Å². The number of para-hydroxylation sites is 1. The minimum atomic E-state index is -0.649. The highest BCUT2D eigenvalue weighted by Gasteiger charge is 2.32. The van der Waals surface area contributed by atoms with Gasteiger partial charge >= 0.3 is 5.97 Å². The van der Waals surface area contributed by atoms with E-state index in [2.05, 4.69) is 5.32 Å². The molecule has 0 spiro atoms. The number of amides is 1. The van der Waals surface area contributed by atoms with Crippen molar-refractivity contribution in [3.63, 3.8) is 0 Å². The van der Waals surface area contributed by atoms with E-state index in [1.165, 1.54) is 0 Å². The minimum Gasteiger partial charge on any atom is -0.483 e. The summed E-state index contributed by atoms with van der Waals surface area (Å²) in [6.07, 6.45) is 0.763. The van der Waals surface area contributed by atoms with Crippen molar-refractivity contribution in [2.45, 2.75) is 38.7 Å². The van der Waals surface area contributed by atoms with Crippen LogP contribution in [0.1, 0.15) is 48.2 Å². The second kappa shape index (κ2) is 7.48. The molecule has 30 heavy (non-hydrogen) atoms. The molecule has 0 fully saturated rings. The van der Waals surface area contributed by atoms with Crippen LogP contribution >= 0.6 is 0 Å². The largest absolute Gasteiger partial charge is 0.483 e. The number of fused-ring (bicyclic) bond motifs is 2. The number of carbonyl (C=O) groups is 3. The fraction of sp³-hybridized carbons (Fsp3) is 0.348. The first-order valence-corrected chi connectivity index (χ1v) is 9.81. The molecule has 0 saturated carbocycles. The fourth-order valence-electron chi connectivity index (χ4n) is 3.70. The number of ether oxygens (including phenoxy) is 3. The summed E-state index contributed by atoms with van der Waals surface area (Å²) in [6.45, 7) is 5.03. The lowest BCUT2D eigenvalue weighted by Gasteiger charge is -2.18. The first-order valence-electron chi connectivity index (χ1n) is 9.81. The number of benzene rings is 2. The molecule has 7 nitrogen and oxygen atoms in total. The maximum absolute atomic E-state index is 12.4. The van der Waals surface area contributed by atoms with Crippen molar-refractivity contribution in [1.82, 2.24) is 0 Å². The van der Waals surface area contributed by atoms with Gasteiger partial charge in [0.1, 0.15) is 5.60 Å². The summed E-state index contributed by atoms with van der Waals surface area (Å²) < 4.78 is 16.5. The van der Waals surface area contributed by atoms with Crippen LogP contribution < -0.4 is 14.8 Å².